The fourth-order valence-electron chi connectivity index (χ4n) is 2.94. The van der Waals surface area contributed by atoms with Gasteiger partial charge in [0.05, 0.1) is 17.8 Å². The van der Waals surface area contributed by atoms with Crippen LogP contribution in [0.25, 0.3) is 21.6 Å². The molecule has 1 saturated heterocycles. The number of aromatic nitrogens is 2. The molecular weight excluding hydrogens is 332 g/mol. The molecule has 0 spiro atoms. The third kappa shape index (κ3) is 3.60. The molecule has 1 aliphatic heterocycles. The smallest absolute Gasteiger partial charge is 0.228 e. The van der Waals surface area contributed by atoms with Gasteiger partial charge < -0.3 is 10.6 Å². The third-order valence-electron chi connectivity index (χ3n) is 4.32. The van der Waals surface area contributed by atoms with E-state index in [0.717, 1.165) is 46.8 Å². The monoisotopic (exact) mass is 350 g/mol. The number of carbonyl (C=O) groups excluding carboxylic acids is 1. The van der Waals surface area contributed by atoms with E-state index in [4.69, 9.17) is 0 Å². The van der Waals surface area contributed by atoms with Gasteiger partial charge in [0, 0.05) is 41.1 Å². The first-order valence-corrected chi connectivity index (χ1v) is 9.13. The van der Waals surface area contributed by atoms with Crippen molar-refractivity contribution in [3.05, 3.63) is 54.4 Å². The van der Waals surface area contributed by atoms with E-state index in [1.165, 1.54) is 0 Å². The predicted octanol–water partition coefficient (Wildman–Crippen LogP) is 3.42. The SMILES string of the molecule is O=C(Nc1cncc(-c2cc(-c3cccnc3)cs2)c1)C1CCNC1. The van der Waals surface area contributed by atoms with Crippen LogP contribution in [0.1, 0.15) is 6.42 Å². The number of hydrogen-bond donors (Lipinski definition) is 2. The average molecular weight is 350 g/mol. The van der Waals surface area contributed by atoms with Gasteiger partial charge in [0.25, 0.3) is 0 Å². The van der Waals surface area contributed by atoms with Crippen molar-refractivity contribution in [3.63, 3.8) is 0 Å². The van der Waals surface area contributed by atoms with Crippen LogP contribution in [0, 0.1) is 5.92 Å². The second kappa shape index (κ2) is 7.13. The molecule has 4 heterocycles. The van der Waals surface area contributed by atoms with Crippen molar-refractivity contribution in [1.82, 2.24) is 15.3 Å². The maximum absolute atomic E-state index is 12.3. The lowest BCUT2D eigenvalue weighted by molar-refractivity contribution is -0.119. The zero-order chi connectivity index (χ0) is 17.1. The fourth-order valence-corrected chi connectivity index (χ4v) is 3.84. The summed E-state index contributed by atoms with van der Waals surface area (Å²) in [5.74, 6) is 0.105. The molecule has 1 unspecified atom stereocenters. The maximum atomic E-state index is 12.3. The summed E-state index contributed by atoms with van der Waals surface area (Å²) in [7, 11) is 0. The summed E-state index contributed by atoms with van der Waals surface area (Å²) >= 11 is 1.66. The summed E-state index contributed by atoms with van der Waals surface area (Å²) in [5.41, 5.74) is 3.98. The van der Waals surface area contributed by atoms with Crippen molar-refractivity contribution >= 4 is 22.9 Å². The van der Waals surface area contributed by atoms with Gasteiger partial charge in [0.1, 0.15) is 0 Å². The lowest BCUT2D eigenvalue weighted by Crippen LogP contribution is -2.24. The number of hydrogen-bond acceptors (Lipinski definition) is 5. The second-order valence-corrected chi connectivity index (χ2v) is 6.99. The Kier molecular flexibility index (Phi) is 4.54. The minimum atomic E-state index is 0.0441. The van der Waals surface area contributed by atoms with Crippen molar-refractivity contribution < 1.29 is 4.79 Å². The van der Waals surface area contributed by atoms with Crippen LogP contribution in [0.4, 0.5) is 5.69 Å². The van der Waals surface area contributed by atoms with E-state index in [0.29, 0.717) is 0 Å². The van der Waals surface area contributed by atoms with Crippen LogP contribution in [0.5, 0.6) is 0 Å². The lowest BCUT2D eigenvalue weighted by Gasteiger charge is -2.10. The molecule has 5 nitrogen and oxygen atoms in total. The summed E-state index contributed by atoms with van der Waals surface area (Å²) in [6.45, 7) is 1.65. The molecule has 1 aliphatic rings. The molecule has 0 radical (unpaired) electrons. The summed E-state index contributed by atoms with van der Waals surface area (Å²) < 4.78 is 0. The number of amides is 1. The molecule has 0 aromatic carbocycles. The van der Waals surface area contributed by atoms with Crippen LogP contribution in [-0.4, -0.2) is 29.0 Å². The molecule has 3 aromatic rings. The van der Waals surface area contributed by atoms with Crippen molar-refractivity contribution in [2.45, 2.75) is 6.42 Å². The van der Waals surface area contributed by atoms with Crippen LogP contribution < -0.4 is 10.6 Å². The van der Waals surface area contributed by atoms with Gasteiger partial charge >= 0.3 is 0 Å². The Balaban J connectivity index is 1.53. The summed E-state index contributed by atoms with van der Waals surface area (Å²) in [6, 6.07) is 8.09. The van der Waals surface area contributed by atoms with Gasteiger partial charge in [-0.2, -0.15) is 0 Å². The van der Waals surface area contributed by atoms with E-state index in [9.17, 15) is 4.79 Å². The van der Waals surface area contributed by atoms with Crippen LogP contribution in [0.2, 0.25) is 0 Å². The number of carbonyl (C=O) groups is 1. The van der Waals surface area contributed by atoms with E-state index in [-0.39, 0.29) is 11.8 Å². The van der Waals surface area contributed by atoms with Crippen molar-refractivity contribution in [1.29, 1.82) is 0 Å². The minimum absolute atomic E-state index is 0.0441. The van der Waals surface area contributed by atoms with E-state index in [1.54, 1.807) is 23.7 Å². The van der Waals surface area contributed by atoms with Crippen molar-refractivity contribution in [2.75, 3.05) is 18.4 Å². The molecule has 1 fully saturated rings. The van der Waals surface area contributed by atoms with Crippen molar-refractivity contribution in [3.8, 4) is 21.6 Å². The van der Waals surface area contributed by atoms with Gasteiger partial charge in [-0.15, -0.1) is 11.3 Å². The molecule has 0 saturated carbocycles. The van der Waals surface area contributed by atoms with E-state index in [1.807, 2.05) is 30.6 Å². The molecule has 6 heteroatoms. The Morgan fingerprint density at radius 2 is 2.08 bits per heavy atom. The zero-order valence-corrected chi connectivity index (χ0v) is 14.4. The molecule has 0 aliphatic carbocycles. The molecule has 2 N–H and O–H groups in total. The quantitative estimate of drug-likeness (QED) is 0.757. The first-order valence-electron chi connectivity index (χ1n) is 8.25. The van der Waals surface area contributed by atoms with Crippen LogP contribution in [-0.2, 0) is 4.79 Å². The molecule has 4 rings (SSSR count). The van der Waals surface area contributed by atoms with Crippen LogP contribution in [0.3, 0.4) is 0 Å². The molecule has 126 valence electrons. The van der Waals surface area contributed by atoms with Crippen molar-refractivity contribution in [2.24, 2.45) is 5.92 Å². The Morgan fingerprint density at radius 3 is 2.88 bits per heavy atom. The number of rotatable bonds is 4. The maximum Gasteiger partial charge on any atom is 0.228 e. The number of nitrogens with zero attached hydrogens (tertiary/aromatic N) is 2. The largest absolute Gasteiger partial charge is 0.324 e. The highest BCUT2D eigenvalue weighted by atomic mass is 32.1. The molecule has 25 heavy (non-hydrogen) atoms. The average Bonchev–Trinajstić information content (AvgIpc) is 3.35. The van der Waals surface area contributed by atoms with E-state index >= 15 is 0 Å². The minimum Gasteiger partial charge on any atom is -0.324 e. The number of thiophene rings is 1. The number of nitrogens with one attached hydrogen (secondary N) is 2. The predicted molar refractivity (Wildman–Crippen MR) is 100 cm³/mol. The van der Waals surface area contributed by atoms with E-state index < -0.39 is 0 Å². The Bertz CT molecular complexity index is 872. The van der Waals surface area contributed by atoms with Crippen LogP contribution >= 0.6 is 11.3 Å². The lowest BCUT2D eigenvalue weighted by atomic mass is 10.1. The number of anilines is 1. The summed E-state index contributed by atoms with van der Waals surface area (Å²) in [6.07, 6.45) is 8.03. The molecule has 1 atom stereocenters. The fraction of sp³-hybridized carbons (Fsp3) is 0.211. The molecule has 0 bridgehead atoms. The van der Waals surface area contributed by atoms with Gasteiger partial charge in [-0.25, -0.2) is 0 Å². The van der Waals surface area contributed by atoms with Gasteiger partial charge in [0.15, 0.2) is 0 Å². The van der Waals surface area contributed by atoms with E-state index in [2.05, 4.69) is 32.0 Å². The van der Waals surface area contributed by atoms with Gasteiger partial charge in [-0.05, 0) is 42.1 Å². The Labute approximate surface area is 150 Å². The first kappa shape index (κ1) is 15.9. The molecular formula is C19H18N4OS. The first-order chi connectivity index (χ1) is 12.3. The van der Waals surface area contributed by atoms with Gasteiger partial charge in [-0.1, -0.05) is 6.07 Å². The second-order valence-electron chi connectivity index (χ2n) is 6.08. The van der Waals surface area contributed by atoms with Crippen LogP contribution in [0.15, 0.2) is 54.4 Å². The summed E-state index contributed by atoms with van der Waals surface area (Å²) in [4.78, 5) is 21.8. The normalized spacial score (nSPS) is 16.7. The zero-order valence-electron chi connectivity index (χ0n) is 13.6. The van der Waals surface area contributed by atoms with Gasteiger partial charge in [-0.3, -0.25) is 14.8 Å². The topological polar surface area (TPSA) is 66.9 Å². The summed E-state index contributed by atoms with van der Waals surface area (Å²) in [5, 5.41) is 8.31. The highest BCUT2D eigenvalue weighted by Crippen LogP contribution is 2.33. The number of pyridine rings is 2. The van der Waals surface area contributed by atoms with Gasteiger partial charge in [0.2, 0.25) is 5.91 Å². The third-order valence-corrected chi connectivity index (χ3v) is 5.30. The molecule has 1 amide bonds. The highest BCUT2D eigenvalue weighted by Gasteiger charge is 2.22. The molecule has 3 aromatic heterocycles. The Hall–Kier alpha value is -2.57. The highest BCUT2D eigenvalue weighted by molar-refractivity contribution is 7.14. The Morgan fingerprint density at radius 1 is 1.16 bits per heavy atom. The standard InChI is InChI=1S/C19H18N4OS/c24-19(14-3-5-21-9-14)23-17-6-15(10-22-11-17)18-7-16(12-25-18)13-2-1-4-20-8-13/h1-2,4,6-8,10-12,14,21H,3,5,9H2,(H,23,24).